The van der Waals surface area contributed by atoms with E-state index >= 15 is 0 Å². The number of hydrogen-bond donors (Lipinski definition) is 0. The molecule has 0 aliphatic carbocycles. The van der Waals surface area contributed by atoms with E-state index in [1.54, 1.807) is 0 Å². The Balaban J connectivity index is 1.29. The van der Waals surface area contributed by atoms with Gasteiger partial charge in [0.05, 0.1) is 5.69 Å². The van der Waals surface area contributed by atoms with Gasteiger partial charge in [-0.1, -0.05) is 29.8 Å². The first kappa shape index (κ1) is 21.8. The van der Waals surface area contributed by atoms with E-state index in [1.165, 1.54) is 22.0 Å². The third-order valence-electron chi connectivity index (χ3n) is 6.53. The van der Waals surface area contributed by atoms with Crippen LogP contribution in [0.15, 0.2) is 67.3 Å². The van der Waals surface area contributed by atoms with Crippen LogP contribution in [0, 0.1) is 0 Å². The first-order valence-corrected chi connectivity index (χ1v) is 12.1. The molecule has 4 aromatic rings. The molecule has 1 aliphatic rings. The van der Waals surface area contributed by atoms with Crippen molar-refractivity contribution in [1.82, 2.24) is 19.9 Å². The first-order chi connectivity index (χ1) is 16.3. The van der Waals surface area contributed by atoms with Crippen LogP contribution in [0.2, 0.25) is 5.02 Å². The van der Waals surface area contributed by atoms with Crippen molar-refractivity contribution >= 4 is 28.3 Å². The van der Waals surface area contributed by atoms with Crippen molar-refractivity contribution < 1.29 is 0 Å². The highest BCUT2D eigenvalue weighted by Gasteiger charge is 2.21. The predicted octanol–water partition coefficient (Wildman–Crippen LogP) is 6.02. The quantitative estimate of drug-likeness (QED) is 0.366. The molecule has 5 rings (SSSR count). The number of hydrogen-bond acceptors (Lipinski definition) is 5. The fourth-order valence-electron chi connectivity index (χ4n) is 4.80. The minimum absolute atomic E-state index is 0.461. The average Bonchev–Trinajstić information content (AvgIpc) is 2.84. The largest absolute Gasteiger partial charge is 0.341 e. The SMILES string of the molecule is Clc1ccccc1CCc1cc2ccnc(C3CCCN(c4ncccn4)CCC3)c2cn1. The number of aromatic nitrogens is 4. The molecule has 4 heterocycles. The lowest BCUT2D eigenvalue weighted by Gasteiger charge is -2.28. The summed E-state index contributed by atoms with van der Waals surface area (Å²) in [5, 5.41) is 3.24. The molecule has 0 atom stereocenters. The minimum atomic E-state index is 0.461. The van der Waals surface area contributed by atoms with Gasteiger partial charge in [0.15, 0.2) is 0 Å². The molecule has 33 heavy (non-hydrogen) atoms. The van der Waals surface area contributed by atoms with Crippen LogP contribution in [0.5, 0.6) is 0 Å². The Bertz CT molecular complexity index is 1200. The fraction of sp³-hybridized carbons (Fsp3) is 0.333. The molecule has 168 valence electrons. The van der Waals surface area contributed by atoms with Gasteiger partial charge in [-0.15, -0.1) is 0 Å². The maximum absolute atomic E-state index is 6.32. The van der Waals surface area contributed by atoms with Crippen LogP contribution in [0.4, 0.5) is 5.95 Å². The van der Waals surface area contributed by atoms with Gasteiger partial charge in [0.25, 0.3) is 0 Å². The maximum atomic E-state index is 6.32. The monoisotopic (exact) mass is 457 g/mol. The second-order valence-corrected chi connectivity index (χ2v) is 9.11. The van der Waals surface area contributed by atoms with Crippen molar-refractivity contribution in [2.24, 2.45) is 0 Å². The number of nitrogens with zero attached hydrogens (tertiary/aromatic N) is 5. The second kappa shape index (κ2) is 10.3. The van der Waals surface area contributed by atoms with Crippen molar-refractivity contribution in [1.29, 1.82) is 0 Å². The van der Waals surface area contributed by atoms with E-state index in [4.69, 9.17) is 21.6 Å². The molecule has 0 spiro atoms. The summed E-state index contributed by atoms with van der Waals surface area (Å²) in [4.78, 5) is 20.8. The van der Waals surface area contributed by atoms with E-state index in [-0.39, 0.29) is 0 Å². The number of rotatable bonds is 5. The maximum Gasteiger partial charge on any atom is 0.225 e. The number of pyridine rings is 2. The van der Waals surface area contributed by atoms with Crippen LogP contribution >= 0.6 is 11.6 Å². The van der Waals surface area contributed by atoms with Gasteiger partial charge >= 0.3 is 0 Å². The third kappa shape index (κ3) is 5.14. The van der Waals surface area contributed by atoms with E-state index in [0.29, 0.717) is 5.92 Å². The average molecular weight is 458 g/mol. The number of fused-ring (bicyclic) bond motifs is 1. The molecule has 6 heteroatoms. The molecule has 5 nitrogen and oxygen atoms in total. The van der Waals surface area contributed by atoms with Gasteiger partial charge < -0.3 is 4.90 Å². The van der Waals surface area contributed by atoms with E-state index in [2.05, 4.69) is 33.1 Å². The van der Waals surface area contributed by atoms with Crippen LogP contribution < -0.4 is 4.90 Å². The number of aryl methyl sites for hydroxylation is 2. The summed E-state index contributed by atoms with van der Waals surface area (Å²) in [6, 6.07) is 14.2. The third-order valence-corrected chi connectivity index (χ3v) is 6.90. The molecular weight excluding hydrogens is 430 g/mol. The molecule has 3 aromatic heterocycles. The van der Waals surface area contributed by atoms with E-state index in [9.17, 15) is 0 Å². The smallest absolute Gasteiger partial charge is 0.225 e. The highest BCUT2D eigenvalue weighted by molar-refractivity contribution is 6.31. The van der Waals surface area contributed by atoms with E-state index in [1.807, 2.05) is 49.1 Å². The molecule has 1 aliphatic heterocycles. The van der Waals surface area contributed by atoms with Crippen molar-refractivity contribution in [3.63, 3.8) is 0 Å². The molecule has 1 fully saturated rings. The Labute approximate surface area is 199 Å². The Morgan fingerprint density at radius 1 is 0.848 bits per heavy atom. The van der Waals surface area contributed by atoms with Crippen molar-refractivity contribution in [2.45, 2.75) is 44.4 Å². The van der Waals surface area contributed by atoms with Gasteiger partial charge in [0, 0.05) is 59.9 Å². The summed E-state index contributed by atoms with van der Waals surface area (Å²) in [5.74, 6) is 1.30. The second-order valence-electron chi connectivity index (χ2n) is 8.70. The van der Waals surface area contributed by atoms with Crippen molar-refractivity contribution in [3.8, 4) is 0 Å². The van der Waals surface area contributed by atoms with Gasteiger partial charge in [-0.25, -0.2) is 9.97 Å². The minimum Gasteiger partial charge on any atom is -0.341 e. The van der Waals surface area contributed by atoms with E-state index < -0.39 is 0 Å². The highest BCUT2D eigenvalue weighted by atomic mass is 35.5. The topological polar surface area (TPSA) is 54.8 Å². The highest BCUT2D eigenvalue weighted by Crippen LogP contribution is 2.32. The summed E-state index contributed by atoms with van der Waals surface area (Å²) in [5.41, 5.74) is 3.46. The van der Waals surface area contributed by atoms with Crippen LogP contribution in [0.25, 0.3) is 10.8 Å². The lowest BCUT2D eigenvalue weighted by atomic mass is 9.89. The Kier molecular flexibility index (Phi) is 6.77. The van der Waals surface area contributed by atoms with Gasteiger partial charge in [0.1, 0.15) is 0 Å². The Morgan fingerprint density at radius 2 is 1.64 bits per heavy atom. The van der Waals surface area contributed by atoms with Crippen molar-refractivity contribution in [3.05, 3.63) is 89.2 Å². The van der Waals surface area contributed by atoms with Crippen molar-refractivity contribution in [2.75, 3.05) is 18.0 Å². The summed E-state index contributed by atoms with van der Waals surface area (Å²) in [7, 11) is 0. The predicted molar refractivity (Wildman–Crippen MR) is 134 cm³/mol. The fourth-order valence-corrected chi connectivity index (χ4v) is 5.03. The van der Waals surface area contributed by atoms with E-state index in [0.717, 1.165) is 68.3 Å². The summed E-state index contributed by atoms with van der Waals surface area (Å²) < 4.78 is 0. The molecule has 1 aromatic carbocycles. The van der Waals surface area contributed by atoms with Crippen LogP contribution in [0.1, 0.15) is 48.6 Å². The zero-order valence-corrected chi connectivity index (χ0v) is 19.5. The molecular formula is C27H28ClN5. The zero-order chi connectivity index (χ0) is 22.5. The van der Waals surface area contributed by atoms with Crippen LogP contribution in [-0.4, -0.2) is 33.0 Å². The lowest BCUT2D eigenvalue weighted by molar-refractivity contribution is 0.486. The first-order valence-electron chi connectivity index (χ1n) is 11.8. The molecule has 0 radical (unpaired) electrons. The molecule has 0 saturated carbocycles. The standard InChI is InChI=1S/C27H28ClN5/c28-25-9-2-1-6-20(25)10-11-23-18-22-12-15-29-26(24(22)19-32-23)21-7-3-16-33(17-4-8-21)27-30-13-5-14-31-27/h1-2,5-6,9,12-15,18-19,21H,3-4,7-8,10-11,16-17H2. The zero-order valence-electron chi connectivity index (χ0n) is 18.7. The lowest BCUT2D eigenvalue weighted by Crippen LogP contribution is -2.29. The summed E-state index contributed by atoms with van der Waals surface area (Å²) in [6.45, 7) is 1.96. The molecule has 0 unspecified atom stereocenters. The molecule has 0 amide bonds. The summed E-state index contributed by atoms with van der Waals surface area (Å²) >= 11 is 6.32. The van der Waals surface area contributed by atoms with Gasteiger partial charge in [-0.05, 0) is 73.7 Å². The molecule has 0 bridgehead atoms. The van der Waals surface area contributed by atoms with Gasteiger partial charge in [0.2, 0.25) is 5.95 Å². The number of anilines is 1. The summed E-state index contributed by atoms with van der Waals surface area (Å²) in [6.07, 6.45) is 13.8. The van der Waals surface area contributed by atoms with Gasteiger partial charge in [-0.2, -0.15) is 0 Å². The van der Waals surface area contributed by atoms with Gasteiger partial charge in [-0.3, -0.25) is 9.97 Å². The Morgan fingerprint density at radius 3 is 2.42 bits per heavy atom. The van der Waals surface area contributed by atoms with Crippen LogP contribution in [-0.2, 0) is 12.8 Å². The number of halogens is 1. The molecule has 1 saturated heterocycles. The molecule has 0 N–H and O–H groups in total. The Hall–Kier alpha value is -3.05. The van der Waals surface area contributed by atoms with Crippen LogP contribution in [0.3, 0.4) is 0 Å². The normalized spacial score (nSPS) is 15.4. The number of benzene rings is 1.